The Balaban J connectivity index is 1.31. The number of halogens is 1. The summed E-state index contributed by atoms with van der Waals surface area (Å²) in [4.78, 5) is 30.1. The first-order valence-corrected chi connectivity index (χ1v) is 13.3. The number of fused-ring (bicyclic) bond motifs is 1. The van der Waals surface area contributed by atoms with E-state index in [4.69, 9.17) is 9.47 Å². The third-order valence-corrected chi connectivity index (χ3v) is 7.27. The van der Waals surface area contributed by atoms with Crippen LogP contribution in [0, 0.1) is 5.82 Å². The van der Waals surface area contributed by atoms with Crippen LogP contribution in [0.5, 0.6) is 11.5 Å². The normalized spacial score (nSPS) is 14.0. The molecule has 41 heavy (non-hydrogen) atoms. The van der Waals surface area contributed by atoms with Gasteiger partial charge < -0.3 is 24.6 Å². The zero-order valence-corrected chi connectivity index (χ0v) is 23.3. The van der Waals surface area contributed by atoms with Crippen molar-refractivity contribution in [2.75, 3.05) is 33.1 Å². The van der Waals surface area contributed by atoms with Crippen LogP contribution in [0.3, 0.4) is 0 Å². The summed E-state index contributed by atoms with van der Waals surface area (Å²) in [6.07, 6.45) is 0.205. The number of hydrogen-bond donors (Lipinski definition) is 1. The minimum absolute atomic E-state index is 0.107. The van der Waals surface area contributed by atoms with Crippen LogP contribution in [0.1, 0.15) is 43.6 Å². The van der Waals surface area contributed by atoms with Gasteiger partial charge in [-0.25, -0.2) is 4.39 Å². The lowest BCUT2D eigenvalue weighted by atomic mass is 10.1. The van der Waals surface area contributed by atoms with Crippen molar-refractivity contribution in [1.82, 2.24) is 9.80 Å². The van der Waals surface area contributed by atoms with Crippen LogP contribution in [0.25, 0.3) is 0 Å². The number of methoxy groups -OCH3 is 2. The Morgan fingerprint density at radius 2 is 1.63 bits per heavy atom. The third-order valence-electron chi connectivity index (χ3n) is 7.27. The van der Waals surface area contributed by atoms with Gasteiger partial charge in [0.15, 0.2) is 11.5 Å². The second kappa shape index (κ2) is 12.1. The fourth-order valence-corrected chi connectivity index (χ4v) is 5.03. The third kappa shape index (κ3) is 6.01. The van der Waals surface area contributed by atoms with Gasteiger partial charge in [0.1, 0.15) is 12.0 Å². The van der Waals surface area contributed by atoms with Crippen LogP contribution in [0.2, 0.25) is 0 Å². The fourth-order valence-electron chi connectivity index (χ4n) is 5.03. The molecule has 7 nitrogen and oxygen atoms in total. The summed E-state index contributed by atoms with van der Waals surface area (Å²) in [5.41, 5.74) is 4.57. The zero-order valence-electron chi connectivity index (χ0n) is 23.3. The molecule has 0 spiro atoms. The molecule has 4 aromatic rings. The first-order chi connectivity index (χ1) is 19.9. The number of ether oxygens (including phenoxy) is 2. The highest BCUT2D eigenvalue weighted by molar-refractivity contribution is 5.99. The van der Waals surface area contributed by atoms with E-state index in [0.717, 1.165) is 16.7 Å². The van der Waals surface area contributed by atoms with Crippen molar-refractivity contribution in [2.45, 2.75) is 19.1 Å². The first-order valence-electron chi connectivity index (χ1n) is 13.3. The molecule has 0 aliphatic carbocycles. The molecule has 4 aromatic carbocycles. The van der Waals surface area contributed by atoms with Gasteiger partial charge in [-0.05, 0) is 66.1 Å². The average Bonchev–Trinajstić information content (AvgIpc) is 3.26. The van der Waals surface area contributed by atoms with Gasteiger partial charge in [-0.15, -0.1) is 0 Å². The Bertz CT molecular complexity index is 1560. The smallest absolute Gasteiger partial charge is 0.256 e. The average molecular weight is 554 g/mol. The molecular formula is C33H32FN3O4. The number of carbonyl (C=O) groups excluding carboxylic acids is 2. The van der Waals surface area contributed by atoms with E-state index >= 15 is 0 Å². The minimum Gasteiger partial charge on any atom is -0.493 e. The van der Waals surface area contributed by atoms with Crippen molar-refractivity contribution >= 4 is 17.5 Å². The number of hydrogen-bond acceptors (Lipinski definition) is 5. The second-order valence-corrected chi connectivity index (χ2v) is 9.94. The number of rotatable bonds is 10. The Morgan fingerprint density at radius 3 is 2.39 bits per heavy atom. The van der Waals surface area contributed by atoms with E-state index in [1.54, 1.807) is 55.3 Å². The van der Waals surface area contributed by atoms with E-state index in [1.807, 2.05) is 54.6 Å². The SMILES string of the molecule is COc1ccc(CCN(C)C(=O)c2cccc(NC3c4ccccc4C(=O)N3Cc3ccc(F)cc3)c2)cc1OC. The van der Waals surface area contributed by atoms with Gasteiger partial charge in [-0.3, -0.25) is 9.59 Å². The molecule has 2 amide bonds. The van der Waals surface area contributed by atoms with E-state index in [-0.39, 0.29) is 17.6 Å². The van der Waals surface area contributed by atoms with Crippen molar-refractivity contribution in [3.05, 3.63) is 125 Å². The quantitative estimate of drug-likeness (QED) is 0.264. The van der Waals surface area contributed by atoms with Crippen LogP contribution >= 0.6 is 0 Å². The molecule has 1 atom stereocenters. The van der Waals surface area contributed by atoms with Crippen LogP contribution in [0.15, 0.2) is 91.0 Å². The number of likely N-dealkylation sites (N-methyl/N-ethyl adjacent to an activating group) is 1. The number of amides is 2. The van der Waals surface area contributed by atoms with Gasteiger partial charge in [0.05, 0.1) is 14.2 Å². The Hall–Kier alpha value is -4.85. The molecular weight excluding hydrogens is 521 g/mol. The van der Waals surface area contributed by atoms with E-state index in [1.165, 1.54) is 12.1 Å². The molecule has 0 radical (unpaired) electrons. The Kier molecular flexibility index (Phi) is 8.19. The summed E-state index contributed by atoms with van der Waals surface area (Å²) >= 11 is 0. The highest BCUT2D eigenvalue weighted by atomic mass is 19.1. The molecule has 1 aliphatic heterocycles. The minimum atomic E-state index is -0.447. The predicted octanol–water partition coefficient (Wildman–Crippen LogP) is 5.92. The molecule has 0 fully saturated rings. The largest absolute Gasteiger partial charge is 0.493 e. The standard InChI is InChI=1S/C33H32FN3O4/c1-36(18-17-22-13-16-29(40-2)30(19-22)41-3)32(38)24-7-6-8-26(20-24)35-31-27-9-4-5-10-28(27)33(39)37(31)21-23-11-14-25(34)15-12-23/h4-16,19-20,31,35H,17-18,21H2,1-3H3. The molecule has 0 saturated carbocycles. The van der Waals surface area contributed by atoms with Crippen molar-refractivity contribution in [3.8, 4) is 11.5 Å². The summed E-state index contributed by atoms with van der Waals surface area (Å²) in [7, 11) is 4.97. The summed E-state index contributed by atoms with van der Waals surface area (Å²) in [5, 5.41) is 3.46. The Labute approximate surface area is 239 Å². The lowest BCUT2D eigenvalue weighted by molar-refractivity contribution is 0.0727. The lowest BCUT2D eigenvalue weighted by Gasteiger charge is -2.27. The number of nitrogens with zero attached hydrogens (tertiary/aromatic N) is 2. The van der Waals surface area contributed by atoms with Crippen molar-refractivity contribution in [1.29, 1.82) is 0 Å². The summed E-state index contributed by atoms with van der Waals surface area (Å²) in [6, 6.07) is 26.6. The molecule has 5 rings (SSSR count). The van der Waals surface area contributed by atoms with Crippen molar-refractivity contribution < 1.29 is 23.5 Å². The zero-order chi connectivity index (χ0) is 28.9. The maximum absolute atomic E-state index is 13.5. The monoisotopic (exact) mass is 553 g/mol. The van der Waals surface area contributed by atoms with E-state index in [0.29, 0.717) is 47.8 Å². The first kappa shape index (κ1) is 27.7. The molecule has 1 aliphatic rings. The Morgan fingerprint density at radius 1 is 0.902 bits per heavy atom. The van der Waals surface area contributed by atoms with Gasteiger partial charge in [0, 0.05) is 42.5 Å². The molecule has 0 aromatic heterocycles. The molecule has 0 bridgehead atoms. The molecule has 1 unspecified atom stereocenters. The van der Waals surface area contributed by atoms with E-state index in [9.17, 15) is 14.0 Å². The van der Waals surface area contributed by atoms with Crippen molar-refractivity contribution in [3.63, 3.8) is 0 Å². The molecule has 210 valence electrons. The van der Waals surface area contributed by atoms with Crippen LogP contribution < -0.4 is 14.8 Å². The van der Waals surface area contributed by atoms with Crippen molar-refractivity contribution in [2.24, 2.45) is 0 Å². The molecule has 0 saturated heterocycles. The molecule has 1 N–H and O–H groups in total. The summed E-state index contributed by atoms with van der Waals surface area (Å²) in [5.74, 6) is 0.769. The number of carbonyl (C=O) groups is 2. The van der Waals surface area contributed by atoms with E-state index in [2.05, 4.69) is 5.32 Å². The maximum atomic E-state index is 13.5. The van der Waals surface area contributed by atoms with Crippen LogP contribution in [0.4, 0.5) is 10.1 Å². The second-order valence-electron chi connectivity index (χ2n) is 9.94. The number of benzene rings is 4. The van der Waals surface area contributed by atoms with E-state index < -0.39 is 6.17 Å². The van der Waals surface area contributed by atoms with Crippen LogP contribution in [-0.4, -0.2) is 49.4 Å². The molecule has 8 heteroatoms. The predicted molar refractivity (Wildman–Crippen MR) is 156 cm³/mol. The maximum Gasteiger partial charge on any atom is 0.256 e. The topological polar surface area (TPSA) is 71.1 Å². The summed E-state index contributed by atoms with van der Waals surface area (Å²) in [6.45, 7) is 0.824. The van der Waals surface area contributed by atoms with Gasteiger partial charge >= 0.3 is 0 Å². The summed E-state index contributed by atoms with van der Waals surface area (Å²) < 4.78 is 24.2. The molecule has 1 heterocycles. The lowest BCUT2D eigenvalue weighted by Crippen LogP contribution is -2.32. The number of anilines is 1. The highest BCUT2D eigenvalue weighted by Gasteiger charge is 2.36. The van der Waals surface area contributed by atoms with Gasteiger partial charge in [0.2, 0.25) is 0 Å². The van der Waals surface area contributed by atoms with Gasteiger partial charge in [-0.1, -0.05) is 42.5 Å². The van der Waals surface area contributed by atoms with Gasteiger partial charge in [0.25, 0.3) is 11.8 Å². The highest BCUT2D eigenvalue weighted by Crippen LogP contribution is 2.36. The fraction of sp³-hybridized carbons (Fsp3) is 0.212. The van der Waals surface area contributed by atoms with Crippen LogP contribution in [-0.2, 0) is 13.0 Å². The van der Waals surface area contributed by atoms with Gasteiger partial charge in [-0.2, -0.15) is 0 Å². The number of nitrogens with one attached hydrogen (secondary N) is 1.